The molecule has 2 atom stereocenters. The van der Waals surface area contributed by atoms with E-state index in [9.17, 15) is 22.1 Å². The molecule has 114 valence electrons. The second-order valence-corrected chi connectivity index (χ2v) is 7.55. The van der Waals surface area contributed by atoms with E-state index in [2.05, 4.69) is 0 Å². The van der Waals surface area contributed by atoms with Crippen LogP contribution in [0.4, 0.5) is 17.6 Å². The van der Waals surface area contributed by atoms with Crippen molar-refractivity contribution in [2.75, 3.05) is 0 Å². The first-order valence-corrected chi connectivity index (χ1v) is 7.15. The van der Waals surface area contributed by atoms with E-state index in [1.807, 2.05) is 4.72 Å². The molecule has 1 rings (SSSR count). The highest BCUT2D eigenvalue weighted by molar-refractivity contribution is 7.90. The lowest BCUT2D eigenvalue weighted by Gasteiger charge is -2.29. The number of benzene rings is 1. The number of rotatable bonds is 3. The van der Waals surface area contributed by atoms with Gasteiger partial charge in [0.2, 0.25) is 0 Å². The van der Waals surface area contributed by atoms with Crippen LogP contribution in [0.25, 0.3) is 0 Å². The van der Waals surface area contributed by atoms with E-state index in [-0.39, 0.29) is 5.56 Å². The molecule has 1 N–H and O–H groups in total. The smallest absolute Gasteiger partial charge is 0.412 e. The predicted molar refractivity (Wildman–Crippen MR) is 71.2 cm³/mol. The van der Waals surface area contributed by atoms with Crippen LogP contribution in [0.2, 0.25) is 5.02 Å². The molecule has 0 bridgehead atoms. The van der Waals surface area contributed by atoms with Gasteiger partial charge in [0.05, 0.1) is 5.02 Å². The Bertz CT molecular complexity index is 476. The second-order valence-electron chi connectivity index (χ2n) is 5.15. The maximum absolute atomic E-state index is 13.1. The van der Waals surface area contributed by atoms with E-state index >= 15 is 0 Å². The molecule has 20 heavy (non-hydrogen) atoms. The molecule has 0 amide bonds. The Morgan fingerprint density at radius 2 is 1.80 bits per heavy atom. The molecule has 2 nitrogen and oxygen atoms in total. The minimum absolute atomic E-state index is 0.290. The van der Waals surface area contributed by atoms with Gasteiger partial charge in [0.15, 0.2) is 6.04 Å². The number of halogens is 5. The Morgan fingerprint density at radius 1 is 1.25 bits per heavy atom. The monoisotopic (exact) mass is 331 g/mol. The number of alkyl halides is 3. The van der Waals surface area contributed by atoms with Crippen molar-refractivity contribution in [3.63, 3.8) is 0 Å². The molecule has 0 saturated carbocycles. The van der Waals surface area contributed by atoms with Gasteiger partial charge in [0.25, 0.3) is 0 Å². The third-order valence-corrected chi connectivity index (χ3v) is 4.24. The Morgan fingerprint density at radius 3 is 2.20 bits per heavy atom. The summed E-state index contributed by atoms with van der Waals surface area (Å²) in [7, 11) is 0. The molecule has 0 fully saturated rings. The Hall–Kier alpha value is -0.500. The molecule has 2 unspecified atom stereocenters. The fourth-order valence-electron chi connectivity index (χ4n) is 1.30. The topological polar surface area (TPSA) is 35.1 Å². The van der Waals surface area contributed by atoms with Gasteiger partial charge in [-0.2, -0.15) is 13.2 Å². The zero-order valence-corrected chi connectivity index (χ0v) is 12.6. The minimum atomic E-state index is -4.68. The molecule has 0 aliphatic rings. The van der Waals surface area contributed by atoms with E-state index in [1.54, 1.807) is 20.8 Å². The van der Waals surface area contributed by atoms with Crippen LogP contribution in [-0.4, -0.2) is 15.5 Å². The molecular weight excluding hydrogens is 318 g/mol. The maximum Gasteiger partial charge on any atom is 0.412 e. The van der Waals surface area contributed by atoms with Crippen LogP contribution in [0.5, 0.6) is 0 Å². The minimum Gasteiger partial charge on any atom is -0.598 e. The molecule has 1 aromatic carbocycles. The van der Waals surface area contributed by atoms with Gasteiger partial charge < -0.3 is 4.55 Å². The van der Waals surface area contributed by atoms with E-state index in [1.165, 1.54) is 0 Å². The van der Waals surface area contributed by atoms with Crippen molar-refractivity contribution in [2.45, 2.75) is 37.7 Å². The molecule has 8 heteroatoms. The fourth-order valence-corrected chi connectivity index (χ4v) is 2.33. The third kappa shape index (κ3) is 4.51. The van der Waals surface area contributed by atoms with Gasteiger partial charge in [0.1, 0.15) is 10.6 Å². The van der Waals surface area contributed by atoms with Gasteiger partial charge in [-0.15, -0.1) is 4.72 Å². The van der Waals surface area contributed by atoms with Gasteiger partial charge in [-0.05, 0) is 38.5 Å². The summed E-state index contributed by atoms with van der Waals surface area (Å²) in [5.41, 5.74) is -0.290. The van der Waals surface area contributed by atoms with Crippen molar-refractivity contribution < 1.29 is 22.1 Å². The van der Waals surface area contributed by atoms with Crippen LogP contribution in [0.1, 0.15) is 32.4 Å². The lowest BCUT2D eigenvalue weighted by Crippen LogP contribution is -2.45. The summed E-state index contributed by atoms with van der Waals surface area (Å²) in [6.07, 6.45) is -4.68. The van der Waals surface area contributed by atoms with E-state index < -0.39 is 39.2 Å². The molecule has 1 aromatic rings. The van der Waals surface area contributed by atoms with Gasteiger partial charge in [-0.25, -0.2) is 4.39 Å². The second kappa shape index (κ2) is 6.09. The molecule has 0 aliphatic carbocycles. The van der Waals surface area contributed by atoms with Crippen LogP contribution >= 0.6 is 11.6 Å². The van der Waals surface area contributed by atoms with Crippen LogP contribution in [0.3, 0.4) is 0 Å². The van der Waals surface area contributed by atoms with Crippen LogP contribution < -0.4 is 4.72 Å². The van der Waals surface area contributed by atoms with Crippen LogP contribution in [0, 0.1) is 5.82 Å². The van der Waals surface area contributed by atoms with Crippen LogP contribution in [0.15, 0.2) is 18.2 Å². The average Bonchev–Trinajstić information content (AvgIpc) is 2.26. The summed E-state index contributed by atoms with van der Waals surface area (Å²) < 4.78 is 65.2. The van der Waals surface area contributed by atoms with Gasteiger partial charge in [0, 0.05) is 11.4 Å². The number of hydrogen-bond acceptors (Lipinski definition) is 2. The Kier molecular flexibility index (Phi) is 5.34. The molecule has 0 spiro atoms. The van der Waals surface area contributed by atoms with Crippen molar-refractivity contribution in [2.24, 2.45) is 0 Å². The van der Waals surface area contributed by atoms with Crippen molar-refractivity contribution in [3.05, 3.63) is 34.6 Å². The van der Waals surface area contributed by atoms with Crippen molar-refractivity contribution in [1.82, 2.24) is 4.72 Å². The summed E-state index contributed by atoms with van der Waals surface area (Å²) in [6.45, 7) is 4.63. The zero-order chi connectivity index (χ0) is 15.7. The molecule has 0 heterocycles. The van der Waals surface area contributed by atoms with Crippen LogP contribution in [-0.2, 0) is 11.4 Å². The van der Waals surface area contributed by atoms with Gasteiger partial charge in [-0.3, -0.25) is 0 Å². The highest BCUT2D eigenvalue weighted by Crippen LogP contribution is 2.35. The van der Waals surface area contributed by atoms with Crippen molar-refractivity contribution in [3.8, 4) is 0 Å². The predicted octanol–water partition coefficient (Wildman–Crippen LogP) is 4.13. The van der Waals surface area contributed by atoms with E-state index in [0.29, 0.717) is 0 Å². The lowest BCUT2D eigenvalue weighted by atomic mass is 10.1. The average molecular weight is 332 g/mol. The summed E-state index contributed by atoms with van der Waals surface area (Å²) in [6, 6.07) is 0.507. The molecular formula is C12H14ClF4NOS. The maximum atomic E-state index is 13.1. The first-order valence-electron chi connectivity index (χ1n) is 5.62. The van der Waals surface area contributed by atoms with E-state index in [4.69, 9.17) is 11.6 Å². The summed E-state index contributed by atoms with van der Waals surface area (Å²) in [4.78, 5) is 0. The van der Waals surface area contributed by atoms with E-state index in [0.717, 1.165) is 18.2 Å². The lowest BCUT2D eigenvalue weighted by molar-refractivity contribution is -0.153. The Labute approximate surface area is 122 Å². The number of hydrogen-bond donors (Lipinski definition) is 1. The quantitative estimate of drug-likeness (QED) is 0.667. The normalized spacial score (nSPS) is 16.1. The largest absolute Gasteiger partial charge is 0.598 e. The van der Waals surface area contributed by atoms with Gasteiger partial charge >= 0.3 is 6.18 Å². The van der Waals surface area contributed by atoms with Gasteiger partial charge in [-0.1, -0.05) is 17.7 Å². The summed E-state index contributed by atoms with van der Waals surface area (Å²) in [5.74, 6) is -0.812. The number of nitrogens with one attached hydrogen (secondary N) is 1. The standard InChI is InChI=1S/C12H14ClF4NOS/c1-11(2,3)20(19)18-10(12(15,16)17)7-4-5-9(14)8(13)6-7/h4-6,10,18H,1-3H3. The third-order valence-electron chi connectivity index (χ3n) is 2.39. The molecule has 0 radical (unpaired) electrons. The molecule has 0 saturated heterocycles. The highest BCUT2D eigenvalue weighted by atomic mass is 35.5. The SMILES string of the molecule is CC(C)(C)[S+]([O-])NC(c1ccc(F)c(Cl)c1)C(F)(F)F. The summed E-state index contributed by atoms with van der Waals surface area (Å²) >= 11 is 3.56. The first-order chi connectivity index (χ1) is 8.93. The van der Waals surface area contributed by atoms with Crippen molar-refractivity contribution >= 4 is 23.0 Å². The highest BCUT2D eigenvalue weighted by Gasteiger charge is 2.45. The summed E-state index contributed by atoms with van der Waals surface area (Å²) in [5, 5.41) is -0.417. The fraction of sp³-hybridized carbons (Fsp3) is 0.500. The van der Waals surface area contributed by atoms with Crippen molar-refractivity contribution in [1.29, 1.82) is 0 Å². The Balaban J connectivity index is 3.11. The first kappa shape index (κ1) is 17.6. The molecule has 0 aromatic heterocycles. The molecule has 0 aliphatic heterocycles. The zero-order valence-electron chi connectivity index (χ0n) is 11.0.